The molecule has 0 unspecified atom stereocenters. The summed E-state index contributed by atoms with van der Waals surface area (Å²) in [5, 5.41) is 2.86. The summed E-state index contributed by atoms with van der Waals surface area (Å²) in [6, 6.07) is 4.77. The lowest BCUT2D eigenvalue weighted by Gasteiger charge is -2.25. The zero-order valence-electron chi connectivity index (χ0n) is 11.5. The van der Waals surface area contributed by atoms with E-state index in [1.807, 2.05) is 0 Å². The zero-order valence-corrected chi connectivity index (χ0v) is 13.1. The number of benzene rings is 1. The van der Waals surface area contributed by atoms with E-state index in [2.05, 4.69) is 10.0 Å². The molecule has 0 fully saturated rings. The minimum Gasteiger partial charge on any atom is -0.398 e. The maximum Gasteiger partial charge on any atom is 0.254 e. The normalized spacial score (nSPS) is 12.2. The number of amides is 1. The van der Waals surface area contributed by atoms with Crippen molar-refractivity contribution in [2.45, 2.75) is 19.4 Å². The van der Waals surface area contributed by atoms with Crippen molar-refractivity contribution in [2.24, 2.45) is 0 Å². The molecule has 0 aliphatic heterocycles. The number of carbonyl (C=O) groups excluding carboxylic acids is 1. The van der Waals surface area contributed by atoms with Crippen LogP contribution in [0.15, 0.2) is 18.2 Å². The SMILES string of the molecule is CC(C)(CNC(=O)c1c(N)cccc1Cl)NS(C)(=O)=O. The van der Waals surface area contributed by atoms with E-state index < -0.39 is 21.5 Å². The van der Waals surface area contributed by atoms with E-state index in [1.54, 1.807) is 32.0 Å². The number of anilines is 1. The summed E-state index contributed by atoms with van der Waals surface area (Å²) in [4.78, 5) is 12.0. The van der Waals surface area contributed by atoms with E-state index in [0.717, 1.165) is 6.26 Å². The maximum atomic E-state index is 12.0. The molecule has 1 rings (SSSR count). The van der Waals surface area contributed by atoms with E-state index in [4.69, 9.17) is 17.3 Å². The molecule has 20 heavy (non-hydrogen) atoms. The van der Waals surface area contributed by atoms with Crippen LogP contribution in [-0.2, 0) is 10.0 Å². The van der Waals surface area contributed by atoms with Crippen LogP contribution in [-0.4, -0.2) is 32.7 Å². The van der Waals surface area contributed by atoms with Crippen molar-refractivity contribution in [1.82, 2.24) is 10.0 Å². The van der Waals surface area contributed by atoms with E-state index in [9.17, 15) is 13.2 Å². The summed E-state index contributed by atoms with van der Waals surface area (Å²) in [5.74, 6) is -0.448. The lowest BCUT2D eigenvalue weighted by atomic mass is 10.1. The Morgan fingerprint density at radius 2 is 2.00 bits per heavy atom. The Bertz CT molecular complexity index is 594. The van der Waals surface area contributed by atoms with Crippen molar-refractivity contribution in [1.29, 1.82) is 0 Å². The summed E-state index contributed by atoms with van der Waals surface area (Å²) in [7, 11) is -3.36. The summed E-state index contributed by atoms with van der Waals surface area (Å²) in [5.41, 5.74) is 5.34. The highest BCUT2D eigenvalue weighted by Gasteiger charge is 2.24. The number of halogens is 1. The minimum atomic E-state index is -3.36. The fraction of sp³-hybridized carbons (Fsp3) is 0.417. The fourth-order valence-corrected chi connectivity index (χ4v) is 3.05. The van der Waals surface area contributed by atoms with Crippen molar-refractivity contribution in [3.8, 4) is 0 Å². The predicted molar refractivity (Wildman–Crippen MR) is 80.3 cm³/mol. The van der Waals surface area contributed by atoms with Crippen molar-refractivity contribution < 1.29 is 13.2 Å². The van der Waals surface area contributed by atoms with E-state index in [1.165, 1.54) is 0 Å². The number of hydrogen-bond donors (Lipinski definition) is 3. The zero-order chi connectivity index (χ0) is 15.6. The number of nitrogens with one attached hydrogen (secondary N) is 2. The Morgan fingerprint density at radius 3 is 2.50 bits per heavy atom. The number of hydrogen-bond acceptors (Lipinski definition) is 4. The highest BCUT2D eigenvalue weighted by molar-refractivity contribution is 7.88. The van der Waals surface area contributed by atoms with Gasteiger partial charge in [-0.3, -0.25) is 4.79 Å². The van der Waals surface area contributed by atoms with Gasteiger partial charge in [-0.15, -0.1) is 0 Å². The largest absolute Gasteiger partial charge is 0.398 e. The maximum absolute atomic E-state index is 12.0. The molecule has 1 aromatic rings. The molecule has 4 N–H and O–H groups in total. The molecule has 1 amide bonds. The van der Waals surface area contributed by atoms with Gasteiger partial charge in [-0.25, -0.2) is 13.1 Å². The van der Waals surface area contributed by atoms with Crippen molar-refractivity contribution in [2.75, 3.05) is 18.5 Å². The highest BCUT2D eigenvalue weighted by atomic mass is 35.5. The van der Waals surface area contributed by atoms with Gasteiger partial charge in [0.15, 0.2) is 0 Å². The standard InChI is InChI=1S/C12H18ClN3O3S/c1-12(2,16-20(3,18)19)7-15-11(17)10-8(13)5-4-6-9(10)14/h4-6,16H,7,14H2,1-3H3,(H,15,17). The third-order valence-electron chi connectivity index (χ3n) is 2.43. The van der Waals surface area contributed by atoms with Gasteiger partial charge in [-0.2, -0.15) is 0 Å². The summed E-state index contributed by atoms with van der Waals surface area (Å²) >= 11 is 5.93. The van der Waals surface area contributed by atoms with Crippen LogP contribution in [0.5, 0.6) is 0 Å². The molecule has 0 heterocycles. The van der Waals surface area contributed by atoms with Gasteiger partial charge in [0.05, 0.1) is 16.8 Å². The van der Waals surface area contributed by atoms with Crippen molar-refractivity contribution >= 4 is 33.2 Å². The molecular formula is C12H18ClN3O3S. The molecule has 0 aliphatic carbocycles. The van der Waals surface area contributed by atoms with Crippen molar-refractivity contribution in [3.63, 3.8) is 0 Å². The molecule has 0 saturated heterocycles. The number of rotatable bonds is 5. The molecule has 0 atom stereocenters. The first kappa shape index (κ1) is 16.7. The van der Waals surface area contributed by atoms with Gasteiger partial charge in [0.2, 0.25) is 10.0 Å². The van der Waals surface area contributed by atoms with Gasteiger partial charge in [0, 0.05) is 17.8 Å². The van der Waals surface area contributed by atoms with Crippen LogP contribution >= 0.6 is 11.6 Å². The molecule has 0 spiro atoms. The number of nitrogen functional groups attached to an aromatic ring is 1. The molecule has 0 saturated carbocycles. The van der Waals surface area contributed by atoms with Gasteiger partial charge < -0.3 is 11.1 Å². The highest BCUT2D eigenvalue weighted by Crippen LogP contribution is 2.21. The molecule has 0 aromatic heterocycles. The lowest BCUT2D eigenvalue weighted by Crippen LogP contribution is -2.51. The molecular weight excluding hydrogens is 302 g/mol. The second-order valence-electron chi connectivity index (χ2n) is 5.14. The van der Waals surface area contributed by atoms with Crippen LogP contribution in [0.4, 0.5) is 5.69 Å². The predicted octanol–water partition coefficient (Wildman–Crippen LogP) is 0.980. The molecule has 8 heteroatoms. The van der Waals surface area contributed by atoms with Gasteiger partial charge >= 0.3 is 0 Å². The smallest absolute Gasteiger partial charge is 0.254 e. The second kappa shape index (κ2) is 5.99. The van der Waals surface area contributed by atoms with Crippen LogP contribution in [0.3, 0.4) is 0 Å². The Hall–Kier alpha value is -1.31. The van der Waals surface area contributed by atoms with Crippen LogP contribution in [0.2, 0.25) is 5.02 Å². The fourth-order valence-electron chi connectivity index (χ4n) is 1.71. The first-order chi connectivity index (χ1) is 9.02. The quantitative estimate of drug-likeness (QED) is 0.704. The average molecular weight is 320 g/mol. The van der Waals surface area contributed by atoms with E-state index in [0.29, 0.717) is 0 Å². The van der Waals surface area contributed by atoms with Gasteiger partial charge in [-0.1, -0.05) is 17.7 Å². The van der Waals surface area contributed by atoms with E-state index >= 15 is 0 Å². The van der Waals surface area contributed by atoms with Gasteiger partial charge in [0.1, 0.15) is 0 Å². The molecule has 1 aromatic carbocycles. The molecule has 0 bridgehead atoms. The third kappa shape index (κ3) is 4.99. The van der Waals surface area contributed by atoms with Crippen LogP contribution in [0, 0.1) is 0 Å². The van der Waals surface area contributed by atoms with E-state index in [-0.39, 0.29) is 22.8 Å². The Labute approximate surface area is 123 Å². The first-order valence-corrected chi connectivity index (χ1v) is 8.10. The topological polar surface area (TPSA) is 101 Å². The minimum absolute atomic E-state index is 0.101. The number of sulfonamides is 1. The van der Waals surface area contributed by atoms with Crippen LogP contribution < -0.4 is 15.8 Å². The summed E-state index contributed by atoms with van der Waals surface area (Å²) in [6.07, 6.45) is 1.06. The lowest BCUT2D eigenvalue weighted by molar-refractivity contribution is 0.0945. The monoisotopic (exact) mass is 319 g/mol. The average Bonchev–Trinajstić information content (AvgIpc) is 2.23. The molecule has 112 valence electrons. The molecule has 0 radical (unpaired) electrons. The molecule has 6 nitrogen and oxygen atoms in total. The summed E-state index contributed by atoms with van der Waals surface area (Å²) in [6.45, 7) is 3.41. The van der Waals surface area contributed by atoms with Crippen LogP contribution in [0.25, 0.3) is 0 Å². The number of nitrogens with two attached hydrogens (primary N) is 1. The number of carbonyl (C=O) groups is 1. The third-order valence-corrected chi connectivity index (χ3v) is 3.66. The Balaban J connectivity index is 2.78. The Kier molecular flexibility index (Phi) is 5.01. The molecule has 0 aliphatic rings. The second-order valence-corrected chi connectivity index (χ2v) is 7.30. The Morgan fingerprint density at radius 1 is 1.40 bits per heavy atom. The first-order valence-electron chi connectivity index (χ1n) is 5.83. The van der Waals surface area contributed by atoms with Crippen molar-refractivity contribution in [3.05, 3.63) is 28.8 Å². The summed E-state index contributed by atoms with van der Waals surface area (Å²) < 4.78 is 24.8. The van der Waals surface area contributed by atoms with Gasteiger partial charge in [-0.05, 0) is 26.0 Å². The van der Waals surface area contributed by atoms with Gasteiger partial charge in [0.25, 0.3) is 5.91 Å². The van der Waals surface area contributed by atoms with Crippen LogP contribution in [0.1, 0.15) is 24.2 Å².